The maximum atomic E-state index is 13.1. The molecule has 36 heavy (non-hydrogen) atoms. The van der Waals surface area contributed by atoms with Crippen LogP contribution in [0, 0.1) is 5.92 Å². The van der Waals surface area contributed by atoms with Crippen LogP contribution in [0.1, 0.15) is 55.8 Å². The molecule has 2 aromatic rings. The van der Waals surface area contributed by atoms with Gasteiger partial charge in [0, 0.05) is 50.0 Å². The Morgan fingerprint density at radius 3 is 2.25 bits per heavy atom. The summed E-state index contributed by atoms with van der Waals surface area (Å²) >= 11 is 0. The van der Waals surface area contributed by atoms with E-state index in [0.29, 0.717) is 49.7 Å². The molecule has 0 bridgehead atoms. The monoisotopic (exact) mass is 492 g/mol. The number of benzene rings is 2. The molecule has 1 aliphatic heterocycles. The molecule has 2 aromatic carbocycles. The van der Waals surface area contributed by atoms with Crippen LogP contribution < -0.4 is 15.4 Å². The first-order valence-corrected chi connectivity index (χ1v) is 12.9. The van der Waals surface area contributed by atoms with Gasteiger partial charge in [-0.05, 0) is 48.7 Å². The molecule has 1 saturated carbocycles. The van der Waals surface area contributed by atoms with E-state index in [1.165, 1.54) is 39.0 Å². The molecular formula is C28H36N4O4. The van der Waals surface area contributed by atoms with Gasteiger partial charge in [0.05, 0.1) is 6.61 Å². The molecule has 8 nitrogen and oxygen atoms in total. The molecule has 1 saturated heterocycles. The fourth-order valence-electron chi connectivity index (χ4n) is 4.91. The second-order valence-electron chi connectivity index (χ2n) is 9.64. The first-order valence-electron chi connectivity index (χ1n) is 12.9. The van der Waals surface area contributed by atoms with Crippen molar-refractivity contribution in [3.05, 3.63) is 54.1 Å². The zero-order valence-corrected chi connectivity index (χ0v) is 21.0. The Morgan fingerprint density at radius 2 is 1.53 bits per heavy atom. The van der Waals surface area contributed by atoms with Gasteiger partial charge < -0.3 is 25.2 Å². The third-order valence-electron chi connectivity index (χ3n) is 6.89. The summed E-state index contributed by atoms with van der Waals surface area (Å²) in [5.41, 5.74) is 1.83. The number of carbonyl (C=O) groups is 3. The molecule has 2 aliphatic rings. The van der Waals surface area contributed by atoms with Crippen LogP contribution in [-0.2, 0) is 4.79 Å². The van der Waals surface area contributed by atoms with Crippen LogP contribution in [0.4, 0.5) is 16.2 Å². The summed E-state index contributed by atoms with van der Waals surface area (Å²) in [7, 11) is 0. The van der Waals surface area contributed by atoms with Crippen LogP contribution in [0.5, 0.6) is 5.75 Å². The van der Waals surface area contributed by atoms with E-state index in [1.54, 1.807) is 34.1 Å². The normalized spacial score (nSPS) is 16.4. The lowest BCUT2D eigenvalue weighted by Crippen LogP contribution is -2.51. The topological polar surface area (TPSA) is 91.0 Å². The Hall–Kier alpha value is -3.55. The maximum Gasteiger partial charge on any atom is 0.321 e. The summed E-state index contributed by atoms with van der Waals surface area (Å²) in [5, 5.41) is 5.57. The minimum atomic E-state index is -0.226. The zero-order valence-electron chi connectivity index (χ0n) is 21.0. The summed E-state index contributed by atoms with van der Waals surface area (Å²) in [4.78, 5) is 40.5. The highest BCUT2D eigenvalue weighted by Crippen LogP contribution is 2.26. The van der Waals surface area contributed by atoms with Gasteiger partial charge in [0.1, 0.15) is 5.75 Å². The molecule has 2 fully saturated rings. The third-order valence-corrected chi connectivity index (χ3v) is 6.89. The second-order valence-corrected chi connectivity index (χ2v) is 9.64. The predicted molar refractivity (Wildman–Crippen MR) is 140 cm³/mol. The Morgan fingerprint density at radius 1 is 0.861 bits per heavy atom. The summed E-state index contributed by atoms with van der Waals surface area (Å²) in [6.45, 7) is 3.94. The van der Waals surface area contributed by atoms with Crippen molar-refractivity contribution >= 4 is 29.2 Å². The molecule has 0 unspecified atom stereocenters. The summed E-state index contributed by atoms with van der Waals surface area (Å²) < 4.78 is 5.97. The minimum Gasteiger partial charge on any atom is -0.494 e. The van der Waals surface area contributed by atoms with Crippen LogP contribution in [0.2, 0.25) is 0 Å². The predicted octanol–water partition coefficient (Wildman–Crippen LogP) is 4.98. The number of amides is 4. The van der Waals surface area contributed by atoms with Crippen LogP contribution >= 0.6 is 0 Å². The fourth-order valence-corrected chi connectivity index (χ4v) is 4.91. The van der Waals surface area contributed by atoms with Crippen molar-refractivity contribution in [2.24, 2.45) is 5.92 Å². The Labute approximate surface area is 213 Å². The first-order chi connectivity index (χ1) is 17.5. The highest BCUT2D eigenvalue weighted by Gasteiger charge is 2.25. The number of hydrogen-bond acceptors (Lipinski definition) is 4. The molecule has 0 atom stereocenters. The SMILES string of the molecule is CC(=O)Nc1cccc(NC(=O)N2CCN(C(=O)c3cccc(OCCC4CCCCC4)c3)CC2)c1. The average Bonchev–Trinajstić information content (AvgIpc) is 2.89. The van der Waals surface area contributed by atoms with Gasteiger partial charge in [0.15, 0.2) is 0 Å². The minimum absolute atomic E-state index is 0.0456. The van der Waals surface area contributed by atoms with E-state index >= 15 is 0 Å². The molecule has 1 heterocycles. The van der Waals surface area contributed by atoms with Crippen molar-refractivity contribution in [1.82, 2.24) is 9.80 Å². The smallest absolute Gasteiger partial charge is 0.321 e. The van der Waals surface area contributed by atoms with Crippen molar-refractivity contribution in [1.29, 1.82) is 0 Å². The zero-order chi connectivity index (χ0) is 25.3. The summed E-state index contributed by atoms with van der Waals surface area (Å²) in [6.07, 6.45) is 7.68. The average molecular weight is 493 g/mol. The number of hydrogen-bond donors (Lipinski definition) is 2. The quantitative estimate of drug-likeness (QED) is 0.570. The van der Waals surface area contributed by atoms with Gasteiger partial charge in [0.25, 0.3) is 5.91 Å². The van der Waals surface area contributed by atoms with Crippen molar-refractivity contribution in [2.45, 2.75) is 45.4 Å². The summed E-state index contributed by atoms with van der Waals surface area (Å²) in [5.74, 6) is 1.28. The number of nitrogens with zero attached hydrogens (tertiary/aromatic N) is 2. The van der Waals surface area contributed by atoms with Crippen LogP contribution in [0.3, 0.4) is 0 Å². The van der Waals surface area contributed by atoms with E-state index in [2.05, 4.69) is 10.6 Å². The number of carbonyl (C=O) groups excluding carboxylic acids is 3. The van der Waals surface area contributed by atoms with Gasteiger partial charge in [0.2, 0.25) is 5.91 Å². The number of ether oxygens (including phenoxy) is 1. The van der Waals surface area contributed by atoms with Crippen LogP contribution in [0.15, 0.2) is 48.5 Å². The lowest BCUT2D eigenvalue weighted by Gasteiger charge is -2.34. The standard InChI is InChI=1S/C28H36N4O4/c1-21(33)29-24-10-6-11-25(20-24)30-28(35)32-16-14-31(15-17-32)27(34)23-9-5-12-26(19-23)36-18-13-22-7-3-2-4-8-22/h5-6,9-12,19-20,22H,2-4,7-8,13-18H2,1H3,(H,29,33)(H,30,35). The molecule has 0 aromatic heterocycles. The Kier molecular flexibility index (Phi) is 8.81. The molecule has 4 rings (SSSR count). The van der Waals surface area contributed by atoms with E-state index in [9.17, 15) is 14.4 Å². The highest BCUT2D eigenvalue weighted by atomic mass is 16.5. The molecule has 0 radical (unpaired) electrons. The third kappa shape index (κ3) is 7.23. The van der Waals surface area contributed by atoms with Gasteiger partial charge in [-0.1, -0.05) is 44.2 Å². The number of nitrogens with one attached hydrogen (secondary N) is 2. The van der Waals surface area contributed by atoms with E-state index in [-0.39, 0.29) is 17.8 Å². The van der Waals surface area contributed by atoms with Crippen molar-refractivity contribution < 1.29 is 19.1 Å². The van der Waals surface area contributed by atoms with Crippen molar-refractivity contribution in [3.63, 3.8) is 0 Å². The number of piperazine rings is 1. The van der Waals surface area contributed by atoms with Gasteiger partial charge in [-0.2, -0.15) is 0 Å². The Balaban J connectivity index is 1.24. The van der Waals surface area contributed by atoms with Gasteiger partial charge in [-0.15, -0.1) is 0 Å². The molecule has 1 aliphatic carbocycles. The summed E-state index contributed by atoms with van der Waals surface area (Å²) in [6, 6.07) is 14.2. The van der Waals surface area contributed by atoms with Crippen LogP contribution in [0.25, 0.3) is 0 Å². The van der Waals surface area contributed by atoms with Gasteiger partial charge in [-0.25, -0.2) is 4.79 Å². The Bertz CT molecular complexity index is 1060. The van der Waals surface area contributed by atoms with Crippen molar-refractivity contribution in [3.8, 4) is 5.75 Å². The molecule has 2 N–H and O–H groups in total. The molecular weight excluding hydrogens is 456 g/mol. The van der Waals surface area contributed by atoms with Gasteiger partial charge in [-0.3, -0.25) is 9.59 Å². The fraction of sp³-hybridized carbons (Fsp3) is 0.464. The number of urea groups is 1. The lowest BCUT2D eigenvalue weighted by atomic mass is 9.87. The second kappa shape index (κ2) is 12.4. The van der Waals surface area contributed by atoms with E-state index in [4.69, 9.17) is 4.74 Å². The van der Waals surface area contributed by atoms with Gasteiger partial charge >= 0.3 is 6.03 Å². The van der Waals surface area contributed by atoms with E-state index < -0.39 is 0 Å². The van der Waals surface area contributed by atoms with Crippen LogP contribution in [-0.4, -0.2) is 60.4 Å². The molecule has 4 amide bonds. The van der Waals surface area contributed by atoms with E-state index in [1.807, 2.05) is 24.3 Å². The number of anilines is 2. The lowest BCUT2D eigenvalue weighted by molar-refractivity contribution is -0.114. The van der Waals surface area contributed by atoms with Crippen molar-refractivity contribution in [2.75, 3.05) is 43.4 Å². The number of rotatable bonds is 7. The molecule has 8 heteroatoms. The highest BCUT2D eigenvalue weighted by molar-refractivity contribution is 5.95. The largest absolute Gasteiger partial charge is 0.494 e. The molecule has 192 valence electrons. The first kappa shape index (κ1) is 25.5. The molecule has 0 spiro atoms. The maximum absolute atomic E-state index is 13.1. The van der Waals surface area contributed by atoms with E-state index in [0.717, 1.165) is 18.1 Å².